The fraction of sp³-hybridized carbons (Fsp3) is 0.138. The number of nitrogens with zero attached hydrogens (tertiary/aromatic N) is 1. The van der Waals surface area contributed by atoms with Crippen molar-refractivity contribution in [1.29, 1.82) is 5.26 Å². The maximum Gasteiger partial charge on any atom is 0.416 e. The molecule has 3 N–H and O–H groups in total. The highest BCUT2D eigenvalue weighted by atomic mass is 35.5. The molecule has 3 aromatic rings. The first-order chi connectivity index (χ1) is 19.1. The van der Waals surface area contributed by atoms with Gasteiger partial charge in [0.25, 0.3) is 5.91 Å². The summed E-state index contributed by atoms with van der Waals surface area (Å²) in [6, 6.07) is 22.8. The molecule has 1 atom stereocenters. The third kappa shape index (κ3) is 6.68. The van der Waals surface area contributed by atoms with Crippen molar-refractivity contribution in [2.24, 2.45) is 0 Å². The predicted molar refractivity (Wildman–Crippen MR) is 150 cm³/mol. The average Bonchev–Trinajstić information content (AvgIpc) is 2.93. The summed E-state index contributed by atoms with van der Waals surface area (Å²) in [4.78, 5) is 26.1. The number of para-hydroxylation sites is 1. The standard InChI is InChI=1S/C29H22ClF3N4O2S/c1-17-25(27(39)36-20-10-6-3-7-11-20)26(18-8-4-2-5-9-18)21(15-34)28(35-17)40-16-24(38)37-23-14-19(29(31,32)33)12-13-22(23)30/h2-14,26,35H,16H2,1H3,(H,36,39)(H,37,38). The summed E-state index contributed by atoms with van der Waals surface area (Å²) in [6.07, 6.45) is -4.60. The van der Waals surface area contributed by atoms with Gasteiger partial charge in [0.15, 0.2) is 0 Å². The second kappa shape index (κ2) is 12.3. The van der Waals surface area contributed by atoms with E-state index in [0.717, 1.165) is 30.0 Å². The van der Waals surface area contributed by atoms with Crippen molar-refractivity contribution in [3.8, 4) is 6.07 Å². The minimum absolute atomic E-state index is 0.0453. The summed E-state index contributed by atoms with van der Waals surface area (Å²) in [6.45, 7) is 1.70. The highest BCUT2D eigenvalue weighted by Crippen LogP contribution is 2.41. The SMILES string of the molecule is CC1=C(C(=O)Nc2ccccc2)C(c2ccccc2)C(C#N)=C(SCC(=O)Nc2cc(C(F)(F)F)ccc2Cl)N1. The second-order valence-electron chi connectivity index (χ2n) is 8.71. The Kier molecular flexibility index (Phi) is 8.87. The van der Waals surface area contributed by atoms with Gasteiger partial charge in [0, 0.05) is 17.0 Å². The normalized spacial score (nSPS) is 15.2. The molecule has 1 heterocycles. The highest BCUT2D eigenvalue weighted by Gasteiger charge is 2.35. The van der Waals surface area contributed by atoms with Gasteiger partial charge in [-0.1, -0.05) is 71.9 Å². The summed E-state index contributed by atoms with van der Waals surface area (Å²) in [5, 5.41) is 18.8. The van der Waals surface area contributed by atoms with Crippen LogP contribution >= 0.6 is 23.4 Å². The van der Waals surface area contributed by atoms with Crippen molar-refractivity contribution in [3.63, 3.8) is 0 Å². The first-order valence-electron chi connectivity index (χ1n) is 11.9. The number of dihydropyridines is 1. The van der Waals surface area contributed by atoms with E-state index >= 15 is 0 Å². The van der Waals surface area contributed by atoms with Crippen LogP contribution in [0.2, 0.25) is 5.02 Å². The third-order valence-electron chi connectivity index (χ3n) is 5.97. The average molecular weight is 583 g/mol. The van der Waals surface area contributed by atoms with Gasteiger partial charge in [-0.15, -0.1) is 0 Å². The summed E-state index contributed by atoms with van der Waals surface area (Å²) in [5.41, 5.74) is 1.23. The van der Waals surface area contributed by atoms with Crippen molar-refractivity contribution in [2.75, 3.05) is 16.4 Å². The maximum atomic E-state index is 13.4. The molecule has 0 aliphatic carbocycles. The van der Waals surface area contributed by atoms with E-state index in [1.54, 1.807) is 55.5 Å². The van der Waals surface area contributed by atoms with E-state index in [1.165, 1.54) is 0 Å². The Morgan fingerprint density at radius 1 is 1.02 bits per heavy atom. The van der Waals surface area contributed by atoms with Crippen LogP contribution in [0.3, 0.4) is 0 Å². The molecule has 0 aromatic heterocycles. The van der Waals surface area contributed by atoms with Crippen LogP contribution in [0.4, 0.5) is 24.5 Å². The van der Waals surface area contributed by atoms with Gasteiger partial charge in [-0.05, 0) is 42.8 Å². The molecule has 0 fully saturated rings. The van der Waals surface area contributed by atoms with Gasteiger partial charge in [-0.2, -0.15) is 18.4 Å². The molecule has 0 saturated carbocycles. The van der Waals surface area contributed by atoms with Gasteiger partial charge in [-0.3, -0.25) is 9.59 Å². The van der Waals surface area contributed by atoms with E-state index in [2.05, 4.69) is 22.0 Å². The van der Waals surface area contributed by atoms with Gasteiger partial charge in [-0.25, -0.2) is 0 Å². The van der Waals surface area contributed by atoms with Crippen LogP contribution in [0, 0.1) is 11.3 Å². The van der Waals surface area contributed by atoms with Crippen LogP contribution in [-0.4, -0.2) is 17.6 Å². The lowest BCUT2D eigenvalue weighted by atomic mass is 9.82. The third-order valence-corrected chi connectivity index (χ3v) is 7.32. The molecule has 40 heavy (non-hydrogen) atoms. The molecule has 6 nitrogen and oxygen atoms in total. The Labute approximate surface area is 237 Å². The van der Waals surface area contributed by atoms with Crippen molar-refractivity contribution in [3.05, 3.63) is 117 Å². The van der Waals surface area contributed by atoms with E-state index in [0.29, 0.717) is 27.6 Å². The fourth-order valence-electron chi connectivity index (χ4n) is 4.15. The first-order valence-corrected chi connectivity index (χ1v) is 13.3. The van der Waals surface area contributed by atoms with Crippen LogP contribution in [-0.2, 0) is 15.8 Å². The lowest BCUT2D eigenvalue weighted by Gasteiger charge is -2.30. The van der Waals surface area contributed by atoms with Gasteiger partial charge < -0.3 is 16.0 Å². The van der Waals surface area contributed by atoms with E-state index < -0.39 is 29.5 Å². The molecule has 1 unspecified atom stereocenters. The first kappa shape index (κ1) is 28.8. The zero-order valence-corrected chi connectivity index (χ0v) is 22.5. The zero-order chi connectivity index (χ0) is 28.9. The molecule has 204 valence electrons. The van der Waals surface area contributed by atoms with Crippen LogP contribution in [0.25, 0.3) is 0 Å². The summed E-state index contributed by atoms with van der Waals surface area (Å²) < 4.78 is 39.3. The Morgan fingerprint density at radius 3 is 2.30 bits per heavy atom. The van der Waals surface area contributed by atoms with Crippen molar-refractivity contribution in [1.82, 2.24) is 5.32 Å². The van der Waals surface area contributed by atoms with Gasteiger partial charge >= 0.3 is 6.18 Å². The number of alkyl halides is 3. The Balaban J connectivity index is 1.59. The fourth-order valence-corrected chi connectivity index (χ4v) is 5.20. The number of amides is 2. The van der Waals surface area contributed by atoms with Gasteiger partial charge in [0.05, 0.1) is 44.6 Å². The number of carbonyl (C=O) groups excluding carboxylic acids is 2. The molecule has 1 aliphatic rings. The lowest BCUT2D eigenvalue weighted by molar-refractivity contribution is -0.137. The van der Waals surface area contributed by atoms with E-state index in [4.69, 9.17) is 11.6 Å². The summed E-state index contributed by atoms with van der Waals surface area (Å²) in [7, 11) is 0. The number of allylic oxidation sites excluding steroid dienone is 2. The number of hydrogen-bond donors (Lipinski definition) is 3. The Bertz CT molecular complexity index is 1530. The van der Waals surface area contributed by atoms with Gasteiger partial charge in [0.2, 0.25) is 5.91 Å². The molecule has 2 amide bonds. The minimum atomic E-state index is -4.60. The molecule has 3 aromatic carbocycles. The van der Waals surface area contributed by atoms with Crippen molar-refractivity contribution >= 4 is 46.6 Å². The van der Waals surface area contributed by atoms with Gasteiger partial charge in [0.1, 0.15) is 0 Å². The molecular formula is C29H22ClF3N4O2S. The Hall–Kier alpha value is -4.20. The smallest absolute Gasteiger partial charge is 0.353 e. The molecule has 11 heteroatoms. The van der Waals surface area contributed by atoms with Crippen LogP contribution in [0.1, 0.15) is 24.0 Å². The zero-order valence-electron chi connectivity index (χ0n) is 21.0. The van der Waals surface area contributed by atoms with E-state index in [1.807, 2.05) is 12.1 Å². The molecule has 0 saturated heterocycles. The maximum absolute atomic E-state index is 13.4. The summed E-state index contributed by atoms with van der Waals surface area (Å²) >= 11 is 6.99. The number of halogens is 4. The molecule has 0 spiro atoms. The topological polar surface area (TPSA) is 94.0 Å². The summed E-state index contributed by atoms with van der Waals surface area (Å²) in [5.74, 6) is -1.97. The number of nitriles is 1. The van der Waals surface area contributed by atoms with Crippen LogP contribution < -0.4 is 16.0 Å². The van der Waals surface area contributed by atoms with E-state index in [-0.39, 0.29) is 22.0 Å². The Morgan fingerprint density at radius 2 is 1.68 bits per heavy atom. The number of thioether (sulfide) groups is 1. The number of rotatable bonds is 7. The van der Waals surface area contributed by atoms with E-state index in [9.17, 15) is 28.0 Å². The highest BCUT2D eigenvalue weighted by molar-refractivity contribution is 8.03. The van der Waals surface area contributed by atoms with Crippen molar-refractivity contribution in [2.45, 2.75) is 19.0 Å². The van der Waals surface area contributed by atoms with Crippen LogP contribution in [0.15, 0.2) is 101 Å². The van der Waals surface area contributed by atoms with Crippen molar-refractivity contribution < 1.29 is 22.8 Å². The minimum Gasteiger partial charge on any atom is -0.353 e. The second-order valence-corrected chi connectivity index (χ2v) is 10.1. The number of nitrogens with one attached hydrogen (secondary N) is 3. The molecule has 4 rings (SSSR count). The molecule has 1 aliphatic heterocycles. The predicted octanol–water partition coefficient (Wildman–Crippen LogP) is 7.07. The lowest BCUT2D eigenvalue weighted by Crippen LogP contribution is -2.31. The quantitative estimate of drug-likeness (QED) is 0.277. The number of carbonyl (C=O) groups is 2. The van der Waals surface area contributed by atoms with Crippen LogP contribution in [0.5, 0.6) is 0 Å². The number of anilines is 2. The monoisotopic (exact) mass is 582 g/mol. The molecule has 0 bridgehead atoms. The molecular weight excluding hydrogens is 561 g/mol. The number of benzene rings is 3. The molecule has 0 radical (unpaired) electrons. The number of hydrogen-bond acceptors (Lipinski definition) is 5. The largest absolute Gasteiger partial charge is 0.416 e.